The average molecular weight is 346 g/mol. The zero-order valence-electron chi connectivity index (χ0n) is 14.4. The number of para-hydroxylation sites is 1. The molecule has 130 valence electrons. The van der Waals surface area contributed by atoms with Crippen molar-refractivity contribution in [1.29, 1.82) is 0 Å². The van der Waals surface area contributed by atoms with E-state index in [-0.39, 0.29) is 19.0 Å². The normalized spacial score (nSPS) is 11.0. The summed E-state index contributed by atoms with van der Waals surface area (Å²) in [7, 11) is 0. The Kier molecular flexibility index (Phi) is 4.27. The second kappa shape index (κ2) is 6.88. The highest BCUT2D eigenvalue weighted by Gasteiger charge is 2.14. The lowest BCUT2D eigenvalue weighted by molar-refractivity contribution is -0.144. The smallest absolute Gasteiger partial charge is 0.310 e. The van der Waals surface area contributed by atoms with Crippen LogP contribution in [0.2, 0.25) is 0 Å². The minimum atomic E-state index is -0.293. The minimum absolute atomic E-state index is 0.101. The van der Waals surface area contributed by atoms with Gasteiger partial charge in [-0.05, 0) is 30.7 Å². The average Bonchev–Trinajstić information content (AvgIpc) is 3.25. The van der Waals surface area contributed by atoms with Crippen LogP contribution in [-0.4, -0.2) is 15.9 Å². The maximum atomic E-state index is 12.2. The van der Waals surface area contributed by atoms with E-state index in [4.69, 9.17) is 9.15 Å². The predicted molar refractivity (Wildman–Crippen MR) is 98.5 cm³/mol. The largest absolute Gasteiger partial charge is 0.459 e. The van der Waals surface area contributed by atoms with Gasteiger partial charge in [0.05, 0.1) is 6.42 Å². The number of carbonyl (C=O) groups excluding carboxylic acids is 1. The fourth-order valence-corrected chi connectivity index (χ4v) is 2.90. The van der Waals surface area contributed by atoms with Crippen molar-refractivity contribution in [3.8, 4) is 11.5 Å². The first-order valence-corrected chi connectivity index (χ1v) is 8.43. The van der Waals surface area contributed by atoms with Crippen molar-refractivity contribution < 1.29 is 13.9 Å². The van der Waals surface area contributed by atoms with E-state index >= 15 is 0 Å². The number of aromatic nitrogens is 2. The van der Waals surface area contributed by atoms with E-state index in [0.717, 1.165) is 22.0 Å². The monoisotopic (exact) mass is 346 g/mol. The number of hydrogen-bond donors (Lipinski definition) is 1. The predicted octanol–water partition coefficient (Wildman–Crippen LogP) is 4.42. The molecular formula is C21H18N2O3. The fraction of sp³-hybridized carbons (Fsp3) is 0.143. The molecule has 1 N–H and O–H groups in total. The van der Waals surface area contributed by atoms with Crippen LogP contribution in [0.25, 0.3) is 22.4 Å². The van der Waals surface area contributed by atoms with Gasteiger partial charge in [-0.25, -0.2) is 4.98 Å². The number of oxazole rings is 1. The third-order valence-electron chi connectivity index (χ3n) is 4.29. The molecule has 0 atom stereocenters. The summed E-state index contributed by atoms with van der Waals surface area (Å²) < 4.78 is 11.1. The SMILES string of the molecule is Cc1oc(-c2ccccc2)nc1COC(=O)Cc1c[nH]c2ccccc12. The number of nitrogens with one attached hydrogen (secondary N) is 1. The van der Waals surface area contributed by atoms with Gasteiger partial charge in [0.1, 0.15) is 18.1 Å². The van der Waals surface area contributed by atoms with Gasteiger partial charge in [-0.15, -0.1) is 0 Å². The Hall–Kier alpha value is -3.34. The molecule has 0 aliphatic rings. The summed E-state index contributed by atoms with van der Waals surface area (Å²) >= 11 is 0. The Morgan fingerprint density at radius 2 is 1.88 bits per heavy atom. The summed E-state index contributed by atoms with van der Waals surface area (Å²) in [5, 5.41) is 1.04. The van der Waals surface area contributed by atoms with E-state index in [0.29, 0.717) is 17.3 Å². The molecule has 5 nitrogen and oxygen atoms in total. The molecule has 0 spiro atoms. The molecular weight excluding hydrogens is 328 g/mol. The first-order chi connectivity index (χ1) is 12.7. The lowest BCUT2D eigenvalue weighted by Gasteiger charge is -2.02. The second-order valence-electron chi connectivity index (χ2n) is 6.08. The zero-order chi connectivity index (χ0) is 17.9. The molecule has 2 aromatic carbocycles. The number of aromatic amines is 1. The van der Waals surface area contributed by atoms with Gasteiger partial charge < -0.3 is 14.1 Å². The Bertz CT molecular complexity index is 1050. The number of carbonyl (C=O) groups is 1. The van der Waals surface area contributed by atoms with Crippen LogP contribution in [0.15, 0.2) is 65.2 Å². The van der Waals surface area contributed by atoms with Crippen molar-refractivity contribution in [3.05, 3.63) is 77.8 Å². The lowest BCUT2D eigenvalue weighted by atomic mass is 10.1. The molecule has 0 unspecified atom stereocenters. The lowest BCUT2D eigenvalue weighted by Crippen LogP contribution is -2.08. The zero-order valence-corrected chi connectivity index (χ0v) is 14.4. The number of fused-ring (bicyclic) bond motifs is 1. The van der Waals surface area contributed by atoms with Crippen LogP contribution in [-0.2, 0) is 22.6 Å². The highest BCUT2D eigenvalue weighted by Crippen LogP contribution is 2.22. The minimum Gasteiger partial charge on any atom is -0.459 e. The molecule has 4 aromatic rings. The molecule has 0 saturated heterocycles. The van der Waals surface area contributed by atoms with E-state index < -0.39 is 0 Å². The van der Waals surface area contributed by atoms with Crippen molar-refractivity contribution in [2.75, 3.05) is 0 Å². The maximum absolute atomic E-state index is 12.2. The van der Waals surface area contributed by atoms with E-state index in [1.54, 1.807) is 0 Å². The molecule has 0 aliphatic heterocycles. The molecule has 5 heteroatoms. The van der Waals surface area contributed by atoms with E-state index in [1.165, 1.54) is 0 Å². The molecule has 0 saturated carbocycles. The second-order valence-corrected chi connectivity index (χ2v) is 6.08. The summed E-state index contributed by atoms with van der Waals surface area (Å²) in [5.41, 5.74) is 3.46. The third kappa shape index (κ3) is 3.24. The third-order valence-corrected chi connectivity index (χ3v) is 4.29. The highest BCUT2D eigenvalue weighted by molar-refractivity contribution is 5.87. The van der Waals surface area contributed by atoms with Gasteiger partial charge in [0.15, 0.2) is 0 Å². The van der Waals surface area contributed by atoms with Crippen LogP contribution in [0.1, 0.15) is 17.0 Å². The van der Waals surface area contributed by atoms with E-state index in [2.05, 4.69) is 9.97 Å². The van der Waals surface area contributed by atoms with Gasteiger partial charge in [-0.2, -0.15) is 0 Å². The maximum Gasteiger partial charge on any atom is 0.310 e. The number of hydrogen-bond acceptors (Lipinski definition) is 4. The molecule has 2 aromatic heterocycles. The molecule has 0 bridgehead atoms. The van der Waals surface area contributed by atoms with Crippen molar-refractivity contribution in [1.82, 2.24) is 9.97 Å². The fourth-order valence-electron chi connectivity index (χ4n) is 2.90. The van der Waals surface area contributed by atoms with Gasteiger partial charge in [-0.3, -0.25) is 4.79 Å². The molecule has 0 aliphatic carbocycles. The quantitative estimate of drug-likeness (QED) is 0.543. The van der Waals surface area contributed by atoms with Crippen LogP contribution in [0.3, 0.4) is 0 Å². The number of H-pyrrole nitrogens is 1. The molecule has 0 radical (unpaired) electrons. The van der Waals surface area contributed by atoms with Crippen LogP contribution in [0, 0.1) is 6.92 Å². The molecule has 0 fully saturated rings. The van der Waals surface area contributed by atoms with Crippen molar-refractivity contribution in [2.24, 2.45) is 0 Å². The van der Waals surface area contributed by atoms with Crippen molar-refractivity contribution in [3.63, 3.8) is 0 Å². The summed E-state index contributed by atoms with van der Waals surface area (Å²) in [6, 6.07) is 17.5. The highest BCUT2D eigenvalue weighted by atomic mass is 16.5. The molecule has 26 heavy (non-hydrogen) atoms. The first kappa shape index (κ1) is 16.1. The van der Waals surface area contributed by atoms with Crippen LogP contribution >= 0.6 is 0 Å². The summed E-state index contributed by atoms with van der Waals surface area (Å²) in [5.74, 6) is 0.896. The van der Waals surface area contributed by atoms with Gasteiger partial charge in [-0.1, -0.05) is 36.4 Å². The van der Waals surface area contributed by atoms with Gasteiger partial charge in [0.2, 0.25) is 5.89 Å². The Morgan fingerprint density at radius 1 is 1.12 bits per heavy atom. The molecule has 4 rings (SSSR count). The van der Waals surface area contributed by atoms with Crippen LogP contribution in [0.5, 0.6) is 0 Å². The van der Waals surface area contributed by atoms with Gasteiger partial charge in [0.25, 0.3) is 0 Å². The Morgan fingerprint density at radius 3 is 2.73 bits per heavy atom. The first-order valence-electron chi connectivity index (χ1n) is 8.43. The number of esters is 1. The van der Waals surface area contributed by atoms with Crippen molar-refractivity contribution >= 4 is 16.9 Å². The number of ether oxygens (including phenoxy) is 1. The number of nitrogens with zero attached hydrogens (tertiary/aromatic N) is 1. The number of aryl methyl sites for hydroxylation is 1. The van der Waals surface area contributed by atoms with Crippen LogP contribution in [0.4, 0.5) is 0 Å². The van der Waals surface area contributed by atoms with E-state index in [1.807, 2.05) is 67.7 Å². The summed E-state index contributed by atoms with van der Waals surface area (Å²) in [4.78, 5) is 19.8. The number of benzene rings is 2. The summed E-state index contributed by atoms with van der Waals surface area (Å²) in [6.07, 6.45) is 2.06. The number of rotatable bonds is 5. The molecule has 0 amide bonds. The van der Waals surface area contributed by atoms with Gasteiger partial charge in [0, 0.05) is 22.7 Å². The Labute approximate surface area is 150 Å². The van der Waals surface area contributed by atoms with E-state index in [9.17, 15) is 4.79 Å². The van der Waals surface area contributed by atoms with Crippen LogP contribution < -0.4 is 0 Å². The standard InChI is InChI=1S/C21H18N2O3/c1-14-19(23-21(26-14)15-7-3-2-4-8-15)13-25-20(24)11-16-12-22-18-10-6-5-9-17(16)18/h2-10,12,22H,11,13H2,1H3. The Balaban J connectivity index is 1.42. The topological polar surface area (TPSA) is 68.1 Å². The van der Waals surface area contributed by atoms with Crippen molar-refractivity contribution in [2.45, 2.75) is 20.0 Å². The molecule has 2 heterocycles. The van der Waals surface area contributed by atoms with Gasteiger partial charge >= 0.3 is 5.97 Å². The summed E-state index contributed by atoms with van der Waals surface area (Å²) in [6.45, 7) is 1.92.